The summed E-state index contributed by atoms with van der Waals surface area (Å²) in [5, 5.41) is 0. The number of amides is 1. The van der Waals surface area contributed by atoms with Crippen molar-refractivity contribution in [1.29, 1.82) is 0 Å². The van der Waals surface area contributed by atoms with Gasteiger partial charge in [-0.05, 0) is 31.5 Å². The van der Waals surface area contributed by atoms with Crippen LogP contribution in [0.3, 0.4) is 0 Å². The summed E-state index contributed by atoms with van der Waals surface area (Å²) in [5.41, 5.74) is 9.38. The molecule has 2 aromatic rings. The van der Waals surface area contributed by atoms with Gasteiger partial charge in [0, 0.05) is 18.3 Å². The molecule has 0 aliphatic rings. The quantitative estimate of drug-likeness (QED) is 0.914. The highest BCUT2D eigenvalue weighted by atomic mass is 16.2. The van der Waals surface area contributed by atoms with Crippen LogP contribution in [0.1, 0.15) is 31.0 Å². The molecule has 0 saturated carbocycles. The molecule has 22 heavy (non-hydrogen) atoms. The van der Waals surface area contributed by atoms with Crippen molar-refractivity contribution in [3.63, 3.8) is 0 Å². The molecule has 0 aliphatic carbocycles. The van der Waals surface area contributed by atoms with Gasteiger partial charge in [0.25, 0.3) is 0 Å². The Morgan fingerprint density at radius 1 is 1.09 bits per heavy atom. The third-order valence-corrected chi connectivity index (χ3v) is 4.04. The molecular formula is C19H24N2O. The van der Waals surface area contributed by atoms with Crippen molar-refractivity contribution in [2.75, 3.05) is 11.4 Å². The zero-order valence-electron chi connectivity index (χ0n) is 13.5. The Kier molecular flexibility index (Phi) is 5.34. The Bertz CT molecular complexity index is 607. The van der Waals surface area contributed by atoms with E-state index in [2.05, 4.69) is 0 Å². The number of carbonyl (C=O) groups excluding carboxylic acids is 1. The zero-order chi connectivity index (χ0) is 16.1. The summed E-state index contributed by atoms with van der Waals surface area (Å²) < 4.78 is 0. The number of hydrogen-bond donors (Lipinski definition) is 1. The van der Waals surface area contributed by atoms with Crippen LogP contribution in [-0.4, -0.2) is 12.5 Å². The molecule has 0 fully saturated rings. The van der Waals surface area contributed by atoms with Crippen molar-refractivity contribution in [3.8, 4) is 0 Å². The first-order valence-electron chi connectivity index (χ1n) is 7.73. The van der Waals surface area contributed by atoms with Crippen LogP contribution in [0.2, 0.25) is 0 Å². The fraction of sp³-hybridized carbons (Fsp3) is 0.316. The van der Waals surface area contributed by atoms with E-state index in [1.165, 1.54) is 5.56 Å². The zero-order valence-corrected chi connectivity index (χ0v) is 13.5. The molecule has 2 unspecified atom stereocenters. The Hall–Kier alpha value is -2.13. The summed E-state index contributed by atoms with van der Waals surface area (Å²) in [5.74, 6) is -0.216. The molecule has 0 radical (unpaired) electrons. The van der Waals surface area contributed by atoms with Gasteiger partial charge in [-0.25, -0.2) is 0 Å². The molecule has 0 bridgehead atoms. The van der Waals surface area contributed by atoms with E-state index < -0.39 is 0 Å². The van der Waals surface area contributed by atoms with E-state index in [1.807, 2.05) is 75.4 Å². The fourth-order valence-electron chi connectivity index (χ4n) is 2.55. The smallest absolute Gasteiger partial charge is 0.231 e. The number of rotatable bonds is 5. The van der Waals surface area contributed by atoms with Crippen LogP contribution in [0.4, 0.5) is 5.69 Å². The standard InChI is InChI=1S/C19H24N2O/c1-4-21(17-12-10-14(2)11-13-17)19(22)15(3)18(20)16-8-6-5-7-9-16/h5-13,15,18H,4,20H2,1-3H3. The first-order valence-corrected chi connectivity index (χ1v) is 7.73. The topological polar surface area (TPSA) is 46.3 Å². The van der Waals surface area contributed by atoms with Crippen LogP contribution >= 0.6 is 0 Å². The molecule has 0 spiro atoms. The average Bonchev–Trinajstić information content (AvgIpc) is 2.56. The van der Waals surface area contributed by atoms with Crippen LogP contribution in [0.15, 0.2) is 54.6 Å². The van der Waals surface area contributed by atoms with Gasteiger partial charge >= 0.3 is 0 Å². The number of carbonyl (C=O) groups is 1. The van der Waals surface area contributed by atoms with Gasteiger partial charge in [-0.2, -0.15) is 0 Å². The van der Waals surface area contributed by atoms with Gasteiger partial charge in [0.2, 0.25) is 5.91 Å². The van der Waals surface area contributed by atoms with Crippen LogP contribution in [-0.2, 0) is 4.79 Å². The van der Waals surface area contributed by atoms with E-state index in [-0.39, 0.29) is 17.9 Å². The molecule has 3 heteroatoms. The minimum Gasteiger partial charge on any atom is -0.323 e. The molecule has 0 heterocycles. The summed E-state index contributed by atoms with van der Waals surface area (Å²) in [6.07, 6.45) is 0. The van der Waals surface area contributed by atoms with E-state index >= 15 is 0 Å². The molecule has 0 aromatic heterocycles. The minimum atomic E-state index is -0.298. The van der Waals surface area contributed by atoms with Gasteiger partial charge in [-0.1, -0.05) is 55.0 Å². The lowest BCUT2D eigenvalue weighted by Gasteiger charge is -2.28. The second-order valence-electron chi connectivity index (χ2n) is 5.64. The molecule has 2 rings (SSSR count). The molecule has 1 amide bonds. The Balaban J connectivity index is 2.19. The second-order valence-corrected chi connectivity index (χ2v) is 5.64. The van der Waals surface area contributed by atoms with Crippen LogP contribution in [0.25, 0.3) is 0 Å². The second kappa shape index (κ2) is 7.23. The van der Waals surface area contributed by atoms with Gasteiger partial charge in [-0.3, -0.25) is 4.79 Å². The highest BCUT2D eigenvalue weighted by Gasteiger charge is 2.26. The fourth-order valence-corrected chi connectivity index (χ4v) is 2.55. The third-order valence-electron chi connectivity index (χ3n) is 4.04. The van der Waals surface area contributed by atoms with Gasteiger partial charge in [0.05, 0.1) is 5.92 Å². The molecular weight excluding hydrogens is 272 g/mol. The molecule has 116 valence electrons. The van der Waals surface area contributed by atoms with Crippen molar-refractivity contribution < 1.29 is 4.79 Å². The lowest BCUT2D eigenvalue weighted by molar-refractivity contribution is -0.122. The van der Waals surface area contributed by atoms with E-state index in [0.717, 1.165) is 11.3 Å². The molecule has 3 nitrogen and oxygen atoms in total. The van der Waals surface area contributed by atoms with Gasteiger partial charge in [0.1, 0.15) is 0 Å². The summed E-state index contributed by atoms with van der Waals surface area (Å²) in [6, 6.07) is 17.5. The number of anilines is 1. The van der Waals surface area contributed by atoms with Gasteiger partial charge in [0.15, 0.2) is 0 Å². The van der Waals surface area contributed by atoms with E-state index in [0.29, 0.717) is 6.54 Å². The van der Waals surface area contributed by atoms with Crippen molar-refractivity contribution >= 4 is 11.6 Å². The molecule has 0 saturated heterocycles. The average molecular weight is 296 g/mol. The van der Waals surface area contributed by atoms with Crippen molar-refractivity contribution in [2.24, 2.45) is 11.7 Å². The lowest BCUT2D eigenvalue weighted by Crippen LogP contribution is -2.39. The summed E-state index contributed by atoms with van der Waals surface area (Å²) in [7, 11) is 0. The predicted molar refractivity (Wildman–Crippen MR) is 91.7 cm³/mol. The summed E-state index contributed by atoms with van der Waals surface area (Å²) in [4.78, 5) is 14.6. The van der Waals surface area contributed by atoms with Crippen molar-refractivity contribution in [1.82, 2.24) is 0 Å². The van der Waals surface area contributed by atoms with Crippen molar-refractivity contribution in [2.45, 2.75) is 26.8 Å². The first-order chi connectivity index (χ1) is 10.5. The predicted octanol–water partition coefficient (Wildman–Crippen LogP) is 3.68. The Labute approximate surface area is 132 Å². The Morgan fingerprint density at radius 2 is 1.68 bits per heavy atom. The van der Waals surface area contributed by atoms with E-state index in [4.69, 9.17) is 5.73 Å². The number of benzene rings is 2. The number of hydrogen-bond acceptors (Lipinski definition) is 2. The van der Waals surface area contributed by atoms with E-state index in [9.17, 15) is 4.79 Å². The monoisotopic (exact) mass is 296 g/mol. The Morgan fingerprint density at radius 3 is 2.23 bits per heavy atom. The number of nitrogens with zero attached hydrogens (tertiary/aromatic N) is 1. The van der Waals surface area contributed by atoms with Crippen LogP contribution < -0.4 is 10.6 Å². The summed E-state index contributed by atoms with van der Waals surface area (Å²) >= 11 is 0. The largest absolute Gasteiger partial charge is 0.323 e. The molecule has 2 atom stereocenters. The van der Waals surface area contributed by atoms with Crippen LogP contribution in [0.5, 0.6) is 0 Å². The maximum Gasteiger partial charge on any atom is 0.231 e. The van der Waals surface area contributed by atoms with Crippen molar-refractivity contribution in [3.05, 3.63) is 65.7 Å². The molecule has 2 N–H and O–H groups in total. The van der Waals surface area contributed by atoms with E-state index in [1.54, 1.807) is 4.90 Å². The normalized spacial score (nSPS) is 13.5. The van der Waals surface area contributed by atoms with Gasteiger partial charge < -0.3 is 10.6 Å². The minimum absolute atomic E-state index is 0.0581. The number of nitrogens with two attached hydrogens (primary N) is 1. The first kappa shape index (κ1) is 16.2. The highest BCUT2D eigenvalue weighted by molar-refractivity contribution is 5.95. The van der Waals surface area contributed by atoms with Crippen LogP contribution in [0, 0.1) is 12.8 Å². The summed E-state index contributed by atoms with van der Waals surface area (Å²) in [6.45, 7) is 6.55. The third kappa shape index (κ3) is 3.55. The molecule has 0 aliphatic heterocycles. The lowest BCUT2D eigenvalue weighted by atomic mass is 9.94. The maximum absolute atomic E-state index is 12.8. The highest BCUT2D eigenvalue weighted by Crippen LogP contribution is 2.24. The molecule has 2 aromatic carbocycles. The van der Waals surface area contributed by atoms with Gasteiger partial charge in [-0.15, -0.1) is 0 Å². The number of aryl methyl sites for hydroxylation is 1. The SMILES string of the molecule is CCN(C(=O)C(C)C(N)c1ccccc1)c1ccc(C)cc1. The maximum atomic E-state index is 12.8.